The SMILES string of the molecule is COC(=O)N[C@H](C(=O)N1CCC[C@H]1c1ncc(-c2ccc(-c3ccc(-c4cnc([C@@H]5C6CCC(C6)C5C(=O)NCc5nccs5)[nH]4)cc3)cc2)[nH]1)[C@@H](C)OC. The van der Waals surface area contributed by atoms with E-state index in [2.05, 4.69) is 79.1 Å². The molecular formula is C41H46N8O5S. The number of hydrogen-bond donors (Lipinski definition) is 4. The van der Waals surface area contributed by atoms with Gasteiger partial charge in [0.2, 0.25) is 11.8 Å². The minimum Gasteiger partial charge on any atom is -0.453 e. The van der Waals surface area contributed by atoms with E-state index in [1.165, 1.54) is 14.2 Å². The molecule has 14 heteroatoms. The molecular weight excluding hydrogens is 717 g/mol. The highest BCUT2D eigenvalue weighted by atomic mass is 32.1. The summed E-state index contributed by atoms with van der Waals surface area (Å²) >= 11 is 1.56. The number of imidazole rings is 2. The van der Waals surface area contributed by atoms with Gasteiger partial charge >= 0.3 is 6.09 Å². The van der Waals surface area contributed by atoms with E-state index in [1.54, 1.807) is 35.6 Å². The van der Waals surface area contributed by atoms with Crippen molar-refractivity contribution >= 4 is 29.2 Å². The third kappa shape index (κ3) is 7.40. The van der Waals surface area contributed by atoms with Gasteiger partial charge in [0.05, 0.1) is 55.5 Å². The largest absolute Gasteiger partial charge is 0.453 e. The molecule has 55 heavy (non-hydrogen) atoms. The van der Waals surface area contributed by atoms with Gasteiger partial charge in [-0.15, -0.1) is 11.3 Å². The lowest BCUT2D eigenvalue weighted by atomic mass is 9.78. The van der Waals surface area contributed by atoms with Crippen LogP contribution < -0.4 is 10.6 Å². The highest BCUT2D eigenvalue weighted by molar-refractivity contribution is 7.09. The molecule has 3 aliphatic rings. The minimum absolute atomic E-state index is 0.0716. The predicted molar refractivity (Wildman–Crippen MR) is 208 cm³/mol. The van der Waals surface area contributed by atoms with Crippen molar-refractivity contribution in [2.45, 2.75) is 69.7 Å². The minimum atomic E-state index is -0.884. The van der Waals surface area contributed by atoms with Gasteiger partial charge in [-0.25, -0.2) is 19.7 Å². The zero-order chi connectivity index (χ0) is 38.1. The van der Waals surface area contributed by atoms with Crippen molar-refractivity contribution < 1.29 is 23.9 Å². The molecule has 3 fully saturated rings. The maximum absolute atomic E-state index is 13.6. The second-order valence-electron chi connectivity index (χ2n) is 14.8. The van der Waals surface area contributed by atoms with Gasteiger partial charge in [0, 0.05) is 31.1 Å². The first-order valence-electron chi connectivity index (χ1n) is 19.0. The van der Waals surface area contributed by atoms with Gasteiger partial charge < -0.3 is 35.0 Å². The van der Waals surface area contributed by atoms with Crippen LogP contribution in [-0.2, 0) is 25.6 Å². The third-order valence-electron chi connectivity index (χ3n) is 11.8. The summed E-state index contributed by atoms with van der Waals surface area (Å²) in [7, 11) is 2.77. The Morgan fingerprint density at radius 1 is 0.873 bits per heavy atom. The Labute approximate surface area is 323 Å². The van der Waals surface area contributed by atoms with Crippen LogP contribution in [0.25, 0.3) is 33.6 Å². The third-order valence-corrected chi connectivity index (χ3v) is 12.5. The number of nitrogens with zero attached hydrogens (tertiary/aromatic N) is 4. The van der Waals surface area contributed by atoms with Crippen molar-refractivity contribution in [1.82, 2.24) is 40.5 Å². The van der Waals surface area contributed by atoms with E-state index in [9.17, 15) is 14.4 Å². The maximum atomic E-state index is 13.6. The second kappa shape index (κ2) is 15.8. The van der Waals surface area contributed by atoms with Crippen LogP contribution in [0.5, 0.6) is 0 Å². The molecule has 1 saturated heterocycles. The number of benzene rings is 2. The summed E-state index contributed by atoms with van der Waals surface area (Å²) in [5.41, 5.74) is 6.00. The van der Waals surface area contributed by atoms with Crippen molar-refractivity contribution in [3.05, 3.63) is 89.2 Å². The van der Waals surface area contributed by atoms with E-state index in [-0.39, 0.29) is 29.7 Å². The van der Waals surface area contributed by atoms with E-state index in [0.29, 0.717) is 30.7 Å². The second-order valence-corrected chi connectivity index (χ2v) is 15.8. The number of ether oxygens (including phenoxy) is 2. The molecule has 7 atom stereocenters. The van der Waals surface area contributed by atoms with Crippen LogP contribution in [0.1, 0.15) is 67.6 Å². The van der Waals surface area contributed by atoms with Gasteiger partial charge in [-0.05, 0) is 73.1 Å². The molecule has 3 aromatic heterocycles. The number of H-pyrrole nitrogens is 2. The number of amides is 3. The first-order chi connectivity index (χ1) is 26.8. The monoisotopic (exact) mass is 762 g/mol. The van der Waals surface area contributed by atoms with Crippen LogP contribution in [-0.4, -0.2) is 80.6 Å². The number of hydrogen-bond acceptors (Lipinski definition) is 9. The molecule has 0 spiro atoms. The molecule has 4 N–H and O–H groups in total. The lowest BCUT2D eigenvalue weighted by Crippen LogP contribution is -2.54. The number of likely N-dealkylation sites (tertiary alicyclic amines) is 1. The van der Waals surface area contributed by atoms with E-state index in [0.717, 1.165) is 76.6 Å². The van der Waals surface area contributed by atoms with E-state index >= 15 is 0 Å². The molecule has 13 nitrogen and oxygen atoms in total. The normalized spacial score (nSPS) is 22.7. The van der Waals surface area contributed by atoms with Gasteiger partial charge in [-0.2, -0.15) is 0 Å². The Morgan fingerprint density at radius 3 is 2.15 bits per heavy atom. The van der Waals surface area contributed by atoms with Gasteiger partial charge in [0.1, 0.15) is 22.7 Å². The summed E-state index contributed by atoms with van der Waals surface area (Å²) in [4.78, 5) is 61.6. The van der Waals surface area contributed by atoms with Crippen LogP contribution in [0.15, 0.2) is 72.5 Å². The van der Waals surface area contributed by atoms with Gasteiger partial charge in [-0.1, -0.05) is 48.5 Å². The lowest BCUT2D eigenvalue weighted by molar-refractivity contribution is -0.137. The number of rotatable bonds is 12. The molecule has 2 saturated carbocycles. The Hall–Kier alpha value is -5.34. The molecule has 5 aromatic rings. The average Bonchev–Trinajstić information content (AvgIpc) is 4.08. The number of nitrogens with one attached hydrogen (secondary N) is 4. The summed E-state index contributed by atoms with van der Waals surface area (Å²) in [6, 6.07) is 15.6. The number of carbonyl (C=O) groups excluding carboxylic acids is 3. The summed E-state index contributed by atoms with van der Waals surface area (Å²) in [6.07, 6.45) is 9.14. The summed E-state index contributed by atoms with van der Waals surface area (Å²) in [5.74, 6) is 2.38. The van der Waals surface area contributed by atoms with E-state index in [1.807, 2.05) is 11.6 Å². The fourth-order valence-corrected chi connectivity index (χ4v) is 9.42. The van der Waals surface area contributed by atoms with Crippen molar-refractivity contribution in [3.8, 4) is 33.6 Å². The van der Waals surface area contributed by atoms with Crippen LogP contribution in [0.3, 0.4) is 0 Å². The van der Waals surface area contributed by atoms with Crippen molar-refractivity contribution in [2.75, 3.05) is 20.8 Å². The zero-order valence-corrected chi connectivity index (χ0v) is 32.0. The van der Waals surface area contributed by atoms with Gasteiger partial charge in [0.25, 0.3) is 0 Å². The molecule has 2 aliphatic carbocycles. The smallest absolute Gasteiger partial charge is 0.407 e. The predicted octanol–water partition coefficient (Wildman–Crippen LogP) is 6.46. The number of aromatic amines is 2. The Kier molecular flexibility index (Phi) is 10.5. The van der Waals surface area contributed by atoms with E-state index in [4.69, 9.17) is 14.5 Å². The first kappa shape index (κ1) is 36.6. The summed E-state index contributed by atoms with van der Waals surface area (Å²) in [5, 5.41) is 8.63. The van der Waals surface area contributed by atoms with Gasteiger partial charge in [-0.3, -0.25) is 9.59 Å². The van der Waals surface area contributed by atoms with Crippen molar-refractivity contribution in [1.29, 1.82) is 0 Å². The Bertz CT molecular complexity index is 2110. The van der Waals surface area contributed by atoms with Crippen LogP contribution in [0.4, 0.5) is 4.79 Å². The zero-order valence-electron chi connectivity index (χ0n) is 31.2. The highest BCUT2D eigenvalue weighted by Crippen LogP contribution is 2.56. The number of carbonyl (C=O) groups is 3. The highest BCUT2D eigenvalue weighted by Gasteiger charge is 2.52. The fraction of sp³-hybridized carbons (Fsp3) is 0.415. The van der Waals surface area contributed by atoms with Crippen LogP contribution in [0, 0.1) is 17.8 Å². The molecule has 4 heterocycles. The van der Waals surface area contributed by atoms with Crippen LogP contribution in [0.2, 0.25) is 0 Å². The lowest BCUT2D eigenvalue weighted by Gasteiger charge is -2.30. The summed E-state index contributed by atoms with van der Waals surface area (Å²) < 4.78 is 10.2. The topological polar surface area (TPSA) is 167 Å². The fourth-order valence-electron chi connectivity index (χ4n) is 8.87. The molecule has 8 rings (SSSR count). The number of thiazole rings is 1. The Balaban J connectivity index is 0.920. The standard InChI is InChI=1S/C41H46N8O5S/c1-23(53-2)36(48-41(52)54-3)40(51)49-17-4-5-32(49)37-43-20-30(46-37)26-10-6-24(7-11-26)25-8-12-27(13-9-25)31-21-44-38(47-31)34-28-14-15-29(19-28)35(34)39(50)45-22-33-42-16-18-55-33/h6-13,16,18,20-21,23,28-29,32,34-36H,4-5,14-15,17,19,22H2,1-3H3,(H,43,46)(H,44,47)(H,45,50)(H,48,52)/t23-,28?,29?,32+,34-,35?,36+/m1/s1. The average molecular weight is 763 g/mol. The maximum Gasteiger partial charge on any atom is 0.407 e. The number of alkyl carbamates (subject to hydrolysis) is 1. The number of fused-ring (bicyclic) bond motifs is 2. The van der Waals surface area contributed by atoms with Crippen molar-refractivity contribution in [2.24, 2.45) is 17.8 Å². The van der Waals surface area contributed by atoms with Gasteiger partial charge in [0.15, 0.2) is 0 Å². The molecule has 0 radical (unpaired) electrons. The number of methoxy groups -OCH3 is 2. The van der Waals surface area contributed by atoms with E-state index < -0.39 is 18.2 Å². The molecule has 3 amide bonds. The van der Waals surface area contributed by atoms with Crippen molar-refractivity contribution in [3.63, 3.8) is 0 Å². The molecule has 2 aromatic carbocycles. The molecule has 286 valence electrons. The molecule has 2 bridgehead atoms. The molecule has 3 unspecified atom stereocenters. The number of aromatic nitrogens is 5. The first-order valence-corrected chi connectivity index (χ1v) is 19.8. The summed E-state index contributed by atoms with van der Waals surface area (Å²) in [6.45, 7) is 2.77. The molecule has 1 aliphatic heterocycles. The Morgan fingerprint density at radius 2 is 1.51 bits per heavy atom. The quantitative estimate of drug-likeness (QED) is 0.112. The van der Waals surface area contributed by atoms with Crippen LogP contribution >= 0.6 is 11.3 Å².